The van der Waals surface area contributed by atoms with Crippen molar-refractivity contribution in [3.8, 4) is 0 Å². The highest BCUT2D eigenvalue weighted by Crippen LogP contribution is 2.29. The van der Waals surface area contributed by atoms with E-state index in [1.165, 1.54) is 7.05 Å². The van der Waals surface area contributed by atoms with Crippen LogP contribution in [0, 0.1) is 6.92 Å². The lowest BCUT2D eigenvalue weighted by molar-refractivity contribution is -0.135. The number of aryl methyl sites for hydroxylation is 2. The Hall–Kier alpha value is -1.45. The zero-order valence-corrected chi connectivity index (χ0v) is 15.1. The lowest BCUT2D eigenvalue weighted by atomic mass is 10.00. The minimum atomic E-state index is -3.71. The van der Waals surface area contributed by atoms with Crippen molar-refractivity contribution in [3.63, 3.8) is 0 Å². The van der Waals surface area contributed by atoms with Crippen molar-refractivity contribution in [2.75, 3.05) is 20.1 Å². The fraction of sp³-hybridized carbons (Fsp3) is 0.714. The first-order valence-corrected chi connectivity index (χ1v) is 9.19. The van der Waals surface area contributed by atoms with Crippen molar-refractivity contribution in [2.24, 2.45) is 7.05 Å². The van der Waals surface area contributed by atoms with Crippen LogP contribution in [0.15, 0.2) is 6.20 Å². The lowest BCUT2D eigenvalue weighted by Gasteiger charge is -2.38. The van der Waals surface area contributed by atoms with Gasteiger partial charge in [0.25, 0.3) is 10.2 Å². The van der Waals surface area contributed by atoms with Crippen LogP contribution >= 0.6 is 0 Å². The second kappa shape index (κ2) is 6.58. The monoisotopic (exact) mass is 343 g/mol. The van der Waals surface area contributed by atoms with Crippen LogP contribution in [-0.4, -0.2) is 59.5 Å². The minimum Gasteiger partial charge on any atom is -0.342 e. The van der Waals surface area contributed by atoms with Gasteiger partial charge in [0.15, 0.2) is 0 Å². The third-order valence-electron chi connectivity index (χ3n) is 4.36. The molecule has 0 aromatic carbocycles. The van der Waals surface area contributed by atoms with Gasteiger partial charge in [0.1, 0.15) is 6.04 Å². The summed E-state index contributed by atoms with van der Waals surface area (Å²) in [6.45, 7) is 6.73. The Morgan fingerprint density at radius 3 is 2.48 bits per heavy atom. The average molecular weight is 343 g/mol. The molecule has 1 aliphatic heterocycles. The van der Waals surface area contributed by atoms with Crippen LogP contribution in [0.1, 0.15) is 37.6 Å². The highest BCUT2D eigenvalue weighted by atomic mass is 32.2. The number of hydrogen-bond acceptors (Lipinski definition) is 4. The Labute approximate surface area is 137 Å². The molecule has 0 spiro atoms. The van der Waals surface area contributed by atoms with Crippen molar-refractivity contribution >= 4 is 16.1 Å². The van der Waals surface area contributed by atoms with Gasteiger partial charge in [-0.15, -0.1) is 0 Å². The fourth-order valence-electron chi connectivity index (χ4n) is 3.00. The Kier molecular flexibility index (Phi) is 5.12. The summed E-state index contributed by atoms with van der Waals surface area (Å²) in [6.07, 6.45) is 2.18. The van der Waals surface area contributed by atoms with E-state index in [-0.39, 0.29) is 5.91 Å². The molecule has 2 heterocycles. The van der Waals surface area contributed by atoms with Crippen LogP contribution in [0.4, 0.5) is 0 Å². The molecule has 8 nitrogen and oxygen atoms in total. The van der Waals surface area contributed by atoms with Crippen LogP contribution in [0.5, 0.6) is 0 Å². The molecule has 2 rings (SSSR count). The molecule has 1 fully saturated rings. The molecule has 1 aromatic heterocycles. The number of likely N-dealkylation sites (N-methyl/N-ethyl adjacent to an activating group) is 2. The maximum Gasteiger partial charge on any atom is 0.280 e. The number of hydrogen-bond donors (Lipinski definition) is 1. The van der Waals surface area contributed by atoms with E-state index in [1.54, 1.807) is 22.8 Å². The Bertz CT molecular complexity index is 681. The van der Waals surface area contributed by atoms with Gasteiger partial charge in [0.2, 0.25) is 5.91 Å². The van der Waals surface area contributed by atoms with E-state index in [0.29, 0.717) is 19.5 Å². The summed E-state index contributed by atoms with van der Waals surface area (Å²) < 4.78 is 30.3. The van der Waals surface area contributed by atoms with Gasteiger partial charge < -0.3 is 4.90 Å². The molecule has 130 valence electrons. The normalized spacial score (nSPS) is 24.6. The molecule has 0 bridgehead atoms. The highest BCUT2D eigenvalue weighted by molar-refractivity contribution is 7.87. The zero-order valence-electron chi connectivity index (χ0n) is 14.3. The molecular weight excluding hydrogens is 318 g/mol. The summed E-state index contributed by atoms with van der Waals surface area (Å²) in [5.41, 5.74) is 1.57. The molecule has 1 saturated heterocycles. The van der Waals surface area contributed by atoms with Crippen molar-refractivity contribution in [3.05, 3.63) is 17.5 Å². The van der Waals surface area contributed by atoms with E-state index in [1.807, 2.05) is 20.8 Å². The first kappa shape index (κ1) is 17.9. The average Bonchev–Trinajstić information content (AvgIpc) is 2.81. The van der Waals surface area contributed by atoms with E-state index < -0.39 is 22.3 Å². The number of amides is 1. The maximum atomic E-state index is 12.7. The summed E-state index contributed by atoms with van der Waals surface area (Å²) >= 11 is 0. The molecule has 9 heteroatoms. The Morgan fingerprint density at radius 1 is 1.39 bits per heavy atom. The molecule has 2 atom stereocenters. The zero-order chi connectivity index (χ0) is 17.4. The van der Waals surface area contributed by atoms with Crippen LogP contribution in [0.3, 0.4) is 0 Å². The number of aromatic nitrogens is 2. The fourth-order valence-corrected chi connectivity index (χ4v) is 4.26. The summed E-state index contributed by atoms with van der Waals surface area (Å²) in [6, 6.07) is -1.15. The quantitative estimate of drug-likeness (QED) is 0.845. The largest absolute Gasteiger partial charge is 0.342 e. The van der Waals surface area contributed by atoms with Gasteiger partial charge in [-0.3, -0.25) is 9.48 Å². The summed E-state index contributed by atoms with van der Waals surface area (Å²) in [5, 5.41) is 4.26. The van der Waals surface area contributed by atoms with Crippen molar-refractivity contribution in [1.29, 1.82) is 0 Å². The molecule has 0 aliphatic carbocycles. The second-order valence-corrected chi connectivity index (χ2v) is 7.56. The van der Waals surface area contributed by atoms with E-state index in [2.05, 4.69) is 9.82 Å². The first-order valence-electron chi connectivity index (χ1n) is 7.75. The van der Waals surface area contributed by atoms with Crippen molar-refractivity contribution in [1.82, 2.24) is 23.7 Å². The molecule has 1 aliphatic rings. The van der Waals surface area contributed by atoms with Gasteiger partial charge in [0.05, 0.1) is 11.7 Å². The predicted octanol–water partition coefficient (Wildman–Crippen LogP) is 0.177. The molecule has 1 aromatic rings. The Morgan fingerprint density at radius 2 is 2.00 bits per heavy atom. The molecule has 0 radical (unpaired) electrons. The van der Waals surface area contributed by atoms with Crippen LogP contribution in [0.25, 0.3) is 0 Å². The summed E-state index contributed by atoms with van der Waals surface area (Å²) in [7, 11) is -0.476. The van der Waals surface area contributed by atoms with Crippen LogP contribution < -0.4 is 4.72 Å². The number of carbonyl (C=O) groups excluding carboxylic acids is 1. The van der Waals surface area contributed by atoms with E-state index >= 15 is 0 Å². The Balaban J connectivity index is 2.36. The van der Waals surface area contributed by atoms with E-state index in [0.717, 1.165) is 15.6 Å². The third-order valence-corrected chi connectivity index (χ3v) is 5.95. The van der Waals surface area contributed by atoms with Crippen molar-refractivity contribution in [2.45, 2.75) is 39.3 Å². The molecule has 23 heavy (non-hydrogen) atoms. The van der Waals surface area contributed by atoms with Crippen LogP contribution in [0.2, 0.25) is 0 Å². The smallest absolute Gasteiger partial charge is 0.280 e. The van der Waals surface area contributed by atoms with Crippen LogP contribution in [-0.2, 0) is 22.1 Å². The van der Waals surface area contributed by atoms with Gasteiger partial charge in [-0.2, -0.15) is 22.5 Å². The van der Waals surface area contributed by atoms with E-state index in [4.69, 9.17) is 0 Å². The summed E-state index contributed by atoms with van der Waals surface area (Å²) in [5.74, 6) is -0.158. The molecule has 0 saturated carbocycles. The second-order valence-electron chi connectivity index (χ2n) is 5.80. The van der Waals surface area contributed by atoms with Crippen molar-refractivity contribution < 1.29 is 13.2 Å². The van der Waals surface area contributed by atoms with Gasteiger partial charge in [-0.05, 0) is 27.2 Å². The standard InChI is InChI=1S/C14H25N5O3S/c1-6-19(7-2)14(20)13-8-12(16-23(21,22)18(13)5)11-9-17(4)15-10(11)3/h9,12-13,16H,6-8H2,1-5H3/t12-,13-/m0/s1. The first-order chi connectivity index (χ1) is 10.7. The minimum absolute atomic E-state index is 0.158. The SMILES string of the molecule is CCN(CC)C(=O)[C@@H]1C[C@@H](c2cn(C)nc2C)NS(=O)(=O)N1C. The van der Waals surface area contributed by atoms with Gasteiger partial charge in [-0.25, -0.2) is 0 Å². The lowest BCUT2D eigenvalue weighted by Crippen LogP contribution is -2.57. The van der Waals surface area contributed by atoms with Gasteiger partial charge in [0, 0.05) is 38.9 Å². The van der Waals surface area contributed by atoms with E-state index in [9.17, 15) is 13.2 Å². The number of rotatable bonds is 4. The molecule has 0 unspecified atom stereocenters. The molecular formula is C14H25N5O3S. The highest BCUT2D eigenvalue weighted by Gasteiger charge is 2.42. The molecule has 1 N–H and O–H groups in total. The third kappa shape index (κ3) is 3.41. The number of nitrogens with zero attached hydrogens (tertiary/aromatic N) is 4. The topological polar surface area (TPSA) is 87.5 Å². The molecule has 1 amide bonds. The number of carbonyl (C=O) groups is 1. The predicted molar refractivity (Wildman–Crippen MR) is 86.8 cm³/mol. The summed E-state index contributed by atoms with van der Waals surface area (Å²) in [4.78, 5) is 14.4. The van der Waals surface area contributed by atoms with Gasteiger partial charge >= 0.3 is 0 Å². The maximum absolute atomic E-state index is 12.7. The number of nitrogens with one attached hydrogen (secondary N) is 1. The van der Waals surface area contributed by atoms with Gasteiger partial charge in [-0.1, -0.05) is 0 Å².